The molecule has 0 bridgehead atoms. The van der Waals surface area contributed by atoms with Crippen molar-refractivity contribution in [3.8, 4) is 0 Å². The standard InChI is InChI=1S/C21H18O2/c22-21(17-11-12-17)23-20(16-7-2-1-3-8-16)19-13-10-15-6-4-5-9-18(15)14-19/h1-10,13-14,17,20H,11-12H2. The summed E-state index contributed by atoms with van der Waals surface area (Å²) in [6.45, 7) is 0. The van der Waals surface area contributed by atoms with Crippen LogP contribution in [0, 0.1) is 5.92 Å². The van der Waals surface area contributed by atoms with Crippen LogP contribution in [0.5, 0.6) is 0 Å². The van der Waals surface area contributed by atoms with Crippen LogP contribution in [-0.4, -0.2) is 5.97 Å². The molecule has 1 fully saturated rings. The first-order valence-corrected chi connectivity index (χ1v) is 8.05. The van der Waals surface area contributed by atoms with E-state index < -0.39 is 0 Å². The van der Waals surface area contributed by atoms with E-state index in [-0.39, 0.29) is 18.0 Å². The lowest BCUT2D eigenvalue weighted by Crippen LogP contribution is -2.14. The van der Waals surface area contributed by atoms with Crippen LogP contribution in [0.4, 0.5) is 0 Å². The molecule has 1 aliphatic rings. The summed E-state index contributed by atoms with van der Waals surface area (Å²) in [5.41, 5.74) is 2.03. The van der Waals surface area contributed by atoms with Gasteiger partial charge >= 0.3 is 5.97 Å². The molecule has 1 unspecified atom stereocenters. The van der Waals surface area contributed by atoms with E-state index >= 15 is 0 Å². The molecular formula is C21H18O2. The fraction of sp³-hybridized carbons (Fsp3) is 0.190. The third-order valence-corrected chi connectivity index (χ3v) is 4.32. The van der Waals surface area contributed by atoms with Gasteiger partial charge in [-0.25, -0.2) is 0 Å². The van der Waals surface area contributed by atoms with Crippen LogP contribution in [0.3, 0.4) is 0 Å². The van der Waals surface area contributed by atoms with Gasteiger partial charge in [-0.15, -0.1) is 0 Å². The molecule has 1 saturated carbocycles. The zero-order valence-corrected chi connectivity index (χ0v) is 12.8. The van der Waals surface area contributed by atoms with Gasteiger partial charge in [-0.1, -0.05) is 66.7 Å². The number of esters is 1. The van der Waals surface area contributed by atoms with Crippen molar-refractivity contribution >= 4 is 16.7 Å². The van der Waals surface area contributed by atoms with Gasteiger partial charge in [-0.3, -0.25) is 4.79 Å². The van der Waals surface area contributed by atoms with Crippen molar-refractivity contribution in [1.29, 1.82) is 0 Å². The Labute approximate surface area is 135 Å². The maximum absolute atomic E-state index is 12.2. The highest BCUT2D eigenvalue weighted by atomic mass is 16.5. The lowest BCUT2D eigenvalue weighted by molar-refractivity contribution is -0.149. The molecule has 4 rings (SSSR count). The number of fused-ring (bicyclic) bond motifs is 1. The van der Waals surface area contributed by atoms with Gasteiger partial charge in [0.25, 0.3) is 0 Å². The Morgan fingerprint density at radius 3 is 2.26 bits per heavy atom. The Kier molecular flexibility index (Phi) is 3.58. The summed E-state index contributed by atoms with van der Waals surface area (Å²) in [6.07, 6.45) is 1.57. The van der Waals surface area contributed by atoms with E-state index in [2.05, 4.69) is 30.3 Å². The molecule has 0 aliphatic heterocycles. The second-order valence-corrected chi connectivity index (χ2v) is 6.11. The molecule has 2 heteroatoms. The van der Waals surface area contributed by atoms with Gasteiger partial charge in [-0.2, -0.15) is 0 Å². The molecule has 0 N–H and O–H groups in total. The van der Waals surface area contributed by atoms with Crippen molar-refractivity contribution in [3.05, 3.63) is 83.9 Å². The number of rotatable bonds is 4. The second kappa shape index (κ2) is 5.88. The Bertz CT molecular complexity index is 835. The quantitative estimate of drug-likeness (QED) is 0.642. The third kappa shape index (κ3) is 2.98. The lowest BCUT2D eigenvalue weighted by Gasteiger charge is -2.19. The van der Waals surface area contributed by atoms with E-state index in [1.165, 1.54) is 5.39 Å². The molecule has 0 heterocycles. The summed E-state index contributed by atoms with van der Waals surface area (Å²) in [6, 6.07) is 24.5. The molecule has 0 amide bonds. The summed E-state index contributed by atoms with van der Waals surface area (Å²) >= 11 is 0. The first-order valence-electron chi connectivity index (χ1n) is 8.05. The van der Waals surface area contributed by atoms with Crippen LogP contribution in [-0.2, 0) is 9.53 Å². The largest absolute Gasteiger partial charge is 0.452 e. The Morgan fingerprint density at radius 2 is 1.52 bits per heavy atom. The maximum atomic E-state index is 12.2. The summed E-state index contributed by atoms with van der Waals surface area (Å²) in [5.74, 6) is 0.0219. The van der Waals surface area contributed by atoms with Gasteiger partial charge in [0, 0.05) is 0 Å². The minimum absolute atomic E-state index is 0.0768. The number of carbonyl (C=O) groups excluding carboxylic acids is 1. The Balaban J connectivity index is 1.74. The Morgan fingerprint density at radius 1 is 0.826 bits per heavy atom. The zero-order chi connectivity index (χ0) is 15.6. The average molecular weight is 302 g/mol. The molecule has 2 nitrogen and oxygen atoms in total. The highest BCUT2D eigenvalue weighted by Crippen LogP contribution is 2.35. The molecule has 0 radical (unpaired) electrons. The fourth-order valence-electron chi connectivity index (χ4n) is 2.86. The highest BCUT2D eigenvalue weighted by Gasteiger charge is 2.33. The number of hydrogen-bond acceptors (Lipinski definition) is 2. The molecule has 23 heavy (non-hydrogen) atoms. The molecule has 1 atom stereocenters. The van der Waals surface area contributed by atoms with Crippen LogP contribution in [0.15, 0.2) is 72.8 Å². The molecule has 3 aromatic rings. The van der Waals surface area contributed by atoms with Crippen LogP contribution in [0.25, 0.3) is 10.8 Å². The summed E-state index contributed by atoms with van der Waals surface area (Å²) in [4.78, 5) is 12.2. The van der Waals surface area contributed by atoms with Crippen molar-refractivity contribution in [2.45, 2.75) is 18.9 Å². The van der Waals surface area contributed by atoms with E-state index in [0.717, 1.165) is 29.4 Å². The first-order chi connectivity index (χ1) is 11.3. The summed E-state index contributed by atoms with van der Waals surface area (Å²) in [5, 5.41) is 2.35. The van der Waals surface area contributed by atoms with Crippen molar-refractivity contribution in [2.75, 3.05) is 0 Å². The lowest BCUT2D eigenvalue weighted by atomic mass is 9.98. The molecule has 0 spiro atoms. The van der Waals surface area contributed by atoms with Gasteiger partial charge in [0.15, 0.2) is 6.10 Å². The van der Waals surface area contributed by atoms with Crippen molar-refractivity contribution in [3.63, 3.8) is 0 Å². The normalized spacial score (nSPS) is 15.3. The smallest absolute Gasteiger partial charge is 0.309 e. The predicted octanol–water partition coefficient (Wildman–Crippen LogP) is 4.88. The number of ether oxygens (including phenoxy) is 1. The van der Waals surface area contributed by atoms with Crippen LogP contribution < -0.4 is 0 Å². The number of hydrogen-bond donors (Lipinski definition) is 0. The number of carbonyl (C=O) groups is 1. The summed E-state index contributed by atoms with van der Waals surface area (Å²) in [7, 11) is 0. The van der Waals surface area contributed by atoms with Crippen LogP contribution in [0.1, 0.15) is 30.1 Å². The van der Waals surface area contributed by atoms with Gasteiger partial charge in [0.1, 0.15) is 0 Å². The van der Waals surface area contributed by atoms with E-state index in [0.29, 0.717) is 0 Å². The minimum Gasteiger partial charge on any atom is -0.452 e. The predicted molar refractivity (Wildman–Crippen MR) is 91.0 cm³/mol. The van der Waals surface area contributed by atoms with Crippen molar-refractivity contribution in [2.24, 2.45) is 5.92 Å². The van der Waals surface area contributed by atoms with E-state index in [4.69, 9.17) is 4.74 Å². The molecule has 114 valence electrons. The van der Waals surface area contributed by atoms with Gasteiger partial charge in [-0.05, 0) is 40.8 Å². The van der Waals surface area contributed by atoms with Gasteiger partial charge < -0.3 is 4.74 Å². The second-order valence-electron chi connectivity index (χ2n) is 6.11. The molecule has 0 saturated heterocycles. The highest BCUT2D eigenvalue weighted by molar-refractivity contribution is 5.83. The topological polar surface area (TPSA) is 26.3 Å². The van der Waals surface area contributed by atoms with Crippen molar-refractivity contribution in [1.82, 2.24) is 0 Å². The minimum atomic E-state index is -0.339. The third-order valence-electron chi connectivity index (χ3n) is 4.32. The summed E-state index contributed by atoms with van der Waals surface area (Å²) < 4.78 is 5.86. The maximum Gasteiger partial charge on any atom is 0.309 e. The van der Waals surface area contributed by atoms with Crippen molar-refractivity contribution < 1.29 is 9.53 Å². The van der Waals surface area contributed by atoms with E-state index in [1.807, 2.05) is 42.5 Å². The molecule has 3 aromatic carbocycles. The zero-order valence-electron chi connectivity index (χ0n) is 12.8. The molecular weight excluding hydrogens is 284 g/mol. The SMILES string of the molecule is O=C(OC(c1ccccc1)c1ccc2ccccc2c1)C1CC1. The van der Waals surface area contributed by atoms with Gasteiger partial charge in [0.2, 0.25) is 0 Å². The first kappa shape index (κ1) is 14.0. The fourth-order valence-corrected chi connectivity index (χ4v) is 2.86. The van der Waals surface area contributed by atoms with Gasteiger partial charge in [0.05, 0.1) is 5.92 Å². The monoisotopic (exact) mass is 302 g/mol. The molecule has 1 aliphatic carbocycles. The average Bonchev–Trinajstić information content (AvgIpc) is 3.45. The van der Waals surface area contributed by atoms with E-state index in [9.17, 15) is 4.79 Å². The number of benzene rings is 3. The van der Waals surface area contributed by atoms with Crippen LogP contribution >= 0.6 is 0 Å². The van der Waals surface area contributed by atoms with Crippen LogP contribution in [0.2, 0.25) is 0 Å². The van der Waals surface area contributed by atoms with E-state index in [1.54, 1.807) is 0 Å². The molecule has 0 aromatic heterocycles. The Hall–Kier alpha value is -2.61.